The van der Waals surface area contributed by atoms with Crippen LogP contribution in [0.25, 0.3) is 0 Å². The maximum absolute atomic E-state index is 12.1. The van der Waals surface area contributed by atoms with Crippen LogP contribution in [0.1, 0.15) is 24.8 Å². The molecule has 0 unspecified atom stereocenters. The van der Waals surface area contributed by atoms with Gasteiger partial charge in [0.25, 0.3) is 0 Å². The fourth-order valence-corrected chi connectivity index (χ4v) is 4.32. The van der Waals surface area contributed by atoms with Crippen molar-refractivity contribution in [3.05, 3.63) is 23.8 Å². The van der Waals surface area contributed by atoms with Crippen LogP contribution in [-0.2, 0) is 11.3 Å². The van der Waals surface area contributed by atoms with Gasteiger partial charge in [-0.3, -0.25) is 14.6 Å². The molecule has 1 atom stereocenters. The molecule has 0 bridgehead atoms. The molecule has 0 aliphatic carbocycles. The molecule has 0 spiro atoms. The summed E-state index contributed by atoms with van der Waals surface area (Å²) >= 11 is 0. The highest BCUT2D eigenvalue weighted by Crippen LogP contribution is 2.33. The van der Waals surface area contributed by atoms with E-state index in [-0.39, 0.29) is 18.9 Å². The summed E-state index contributed by atoms with van der Waals surface area (Å²) in [6, 6.07) is 6.65. The van der Waals surface area contributed by atoms with Gasteiger partial charge in [0.15, 0.2) is 11.5 Å². The Balaban J connectivity index is 1.27. The zero-order chi connectivity index (χ0) is 18.6. The van der Waals surface area contributed by atoms with E-state index in [2.05, 4.69) is 21.9 Å². The molecule has 1 amide bonds. The predicted molar refractivity (Wildman–Crippen MR) is 101 cm³/mol. The van der Waals surface area contributed by atoms with Crippen LogP contribution in [0.2, 0.25) is 0 Å². The van der Waals surface area contributed by atoms with Crippen LogP contribution in [0, 0.1) is 0 Å². The zero-order valence-electron chi connectivity index (χ0n) is 15.8. The smallest absolute Gasteiger partial charge is 0.231 e. The Kier molecular flexibility index (Phi) is 5.80. The summed E-state index contributed by atoms with van der Waals surface area (Å²) in [6.07, 6.45) is 2.46. The van der Waals surface area contributed by atoms with Crippen molar-refractivity contribution in [2.45, 2.75) is 31.8 Å². The molecule has 1 aromatic carbocycles. The van der Waals surface area contributed by atoms with E-state index in [0.717, 1.165) is 70.2 Å². The number of benzene rings is 1. The molecular formula is C20H29N3O4. The molecule has 3 aliphatic heterocycles. The van der Waals surface area contributed by atoms with E-state index in [1.165, 1.54) is 5.56 Å². The van der Waals surface area contributed by atoms with Crippen molar-refractivity contribution in [1.29, 1.82) is 0 Å². The maximum Gasteiger partial charge on any atom is 0.231 e. The molecule has 2 fully saturated rings. The second-order valence-corrected chi connectivity index (χ2v) is 7.61. The number of hydrogen-bond donors (Lipinski definition) is 1. The number of amides is 1. The van der Waals surface area contributed by atoms with Gasteiger partial charge in [-0.15, -0.1) is 0 Å². The van der Waals surface area contributed by atoms with Crippen molar-refractivity contribution in [2.24, 2.45) is 0 Å². The number of hydrogen-bond acceptors (Lipinski definition) is 6. The minimum absolute atomic E-state index is 0.0570. The van der Waals surface area contributed by atoms with Gasteiger partial charge < -0.3 is 19.5 Å². The summed E-state index contributed by atoms with van der Waals surface area (Å²) in [5, 5.41) is 9.01. The Morgan fingerprint density at radius 3 is 2.74 bits per heavy atom. The highest BCUT2D eigenvalue weighted by atomic mass is 16.7. The molecule has 4 rings (SSSR count). The number of aliphatic hydroxyl groups excluding tert-OH is 1. The van der Waals surface area contributed by atoms with Crippen molar-refractivity contribution < 1.29 is 19.4 Å². The molecule has 1 N–H and O–H groups in total. The molecular weight excluding hydrogens is 346 g/mol. The molecule has 0 radical (unpaired) electrons. The fraction of sp³-hybridized carbons (Fsp3) is 0.650. The van der Waals surface area contributed by atoms with Crippen LogP contribution in [-0.4, -0.2) is 84.4 Å². The number of carbonyl (C=O) groups excluding carboxylic acids is 1. The minimum Gasteiger partial charge on any atom is -0.454 e. The van der Waals surface area contributed by atoms with E-state index in [4.69, 9.17) is 14.6 Å². The van der Waals surface area contributed by atoms with Gasteiger partial charge in [-0.2, -0.15) is 0 Å². The number of carbonyl (C=O) groups is 1. The lowest BCUT2D eigenvalue weighted by molar-refractivity contribution is -0.134. The summed E-state index contributed by atoms with van der Waals surface area (Å²) in [5.41, 5.74) is 1.26. The van der Waals surface area contributed by atoms with Crippen molar-refractivity contribution in [2.75, 3.05) is 52.7 Å². The zero-order valence-corrected chi connectivity index (χ0v) is 15.8. The lowest BCUT2D eigenvalue weighted by atomic mass is 10.0. The number of nitrogens with zero attached hydrogens (tertiary/aromatic N) is 3. The third-order valence-electron chi connectivity index (χ3n) is 5.84. The Bertz CT molecular complexity index is 661. The van der Waals surface area contributed by atoms with Crippen molar-refractivity contribution >= 4 is 5.91 Å². The Labute approximate surface area is 160 Å². The van der Waals surface area contributed by atoms with Gasteiger partial charge in [0.05, 0.1) is 6.61 Å². The SMILES string of the molecule is O=C(CCO)N1CCC[C@@H](N2CCN(Cc3ccc4c(c3)OCO4)CC2)C1. The molecule has 3 heterocycles. The monoisotopic (exact) mass is 375 g/mol. The molecule has 0 aromatic heterocycles. The largest absolute Gasteiger partial charge is 0.454 e. The molecule has 2 saturated heterocycles. The Morgan fingerprint density at radius 2 is 1.93 bits per heavy atom. The highest BCUT2D eigenvalue weighted by Gasteiger charge is 2.29. The Hall–Kier alpha value is -1.83. The summed E-state index contributed by atoms with van der Waals surface area (Å²) in [6.45, 7) is 6.98. The summed E-state index contributed by atoms with van der Waals surface area (Å²) in [4.78, 5) is 19.0. The van der Waals surface area contributed by atoms with E-state index in [0.29, 0.717) is 12.8 Å². The van der Waals surface area contributed by atoms with E-state index in [1.54, 1.807) is 0 Å². The normalized spacial score (nSPS) is 23.6. The quantitative estimate of drug-likeness (QED) is 0.825. The van der Waals surface area contributed by atoms with E-state index < -0.39 is 0 Å². The van der Waals surface area contributed by atoms with Crippen LogP contribution in [0.15, 0.2) is 18.2 Å². The Morgan fingerprint density at radius 1 is 1.11 bits per heavy atom. The van der Waals surface area contributed by atoms with Crippen LogP contribution >= 0.6 is 0 Å². The average Bonchev–Trinajstić information content (AvgIpc) is 3.17. The number of rotatable bonds is 5. The van der Waals surface area contributed by atoms with E-state index >= 15 is 0 Å². The second kappa shape index (κ2) is 8.46. The molecule has 0 saturated carbocycles. The van der Waals surface area contributed by atoms with Gasteiger partial charge in [0.2, 0.25) is 12.7 Å². The van der Waals surface area contributed by atoms with Crippen LogP contribution in [0.5, 0.6) is 11.5 Å². The third-order valence-corrected chi connectivity index (χ3v) is 5.84. The standard InChI is InChI=1S/C20H29N3O4/c24-11-5-20(25)23-6-1-2-17(14-23)22-9-7-21(8-10-22)13-16-3-4-18-19(12-16)27-15-26-18/h3-4,12,17,24H,1-2,5-11,13-15H2/t17-/m1/s1. The second-order valence-electron chi connectivity index (χ2n) is 7.61. The van der Waals surface area contributed by atoms with Crippen LogP contribution < -0.4 is 9.47 Å². The van der Waals surface area contributed by atoms with E-state index in [1.807, 2.05) is 11.0 Å². The van der Waals surface area contributed by atoms with Crippen LogP contribution in [0.4, 0.5) is 0 Å². The molecule has 7 nitrogen and oxygen atoms in total. The first-order valence-electron chi connectivity index (χ1n) is 9.96. The number of ether oxygens (including phenoxy) is 2. The molecule has 27 heavy (non-hydrogen) atoms. The number of piperazine rings is 1. The molecule has 148 valence electrons. The molecule has 3 aliphatic rings. The van der Waals surface area contributed by atoms with Gasteiger partial charge in [-0.05, 0) is 30.5 Å². The number of piperidine rings is 1. The maximum atomic E-state index is 12.1. The van der Waals surface area contributed by atoms with Gasteiger partial charge in [-0.1, -0.05) is 6.07 Å². The van der Waals surface area contributed by atoms with Gasteiger partial charge in [0.1, 0.15) is 0 Å². The average molecular weight is 375 g/mol. The van der Waals surface area contributed by atoms with Crippen molar-refractivity contribution in [1.82, 2.24) is 14.7 Å². The van der Waals surface area contributed by atoms with Crippen molar-refractivity contribution in [3.63, 3.8) is 0 Å². The minimum atomic E-state index is -0.0570. The summed E-state index contributed by atoms with van der Waals surface area (Å²) in [5.74, 6) is 1.77. The lowest BCUT2D eigenvalue weighted by Gasteiger charge is -2.43. The third kappa shape index (κ3) is 4.36. The molecule has 1 aromatic rings. The number of aliphatic hydroxyl groups is 1. The lowest BCUT2D eigenvalue weighted by Crippen LogP contribution is -2.55. The summed E-state index contributed by atoms with van der Waals surface area (Å²) in [7, 11) is 0. The highest BCUT2D eigenvalue weighted by molar-refractivity contribution is 5.76. The van der Waals surface area contributed by atoms with Gasteiger partial charge in [-0.25, -0.2) is 0 Å². The van der Waals surface area contributed by atoms with Gasteiger partial charge in [0, 0.05) is 58.3 Å². The number of likely N-dealkylation sites (tertiary alicyclic amines) is 1. The van der Waals surface area contributed by atoms with Crippen LogP contribution in [0.3, 0.4) is 0 Å². The summed E-state index contributed by atoms with van der Waals surface area (Å²) < 4.78 is 10.9. The van der Waals surface area contributed by atoms with Gasteiger partial charge >= 0.3 is 0 Å². The topological polar surface area (TPSA) is 65.5 Å². The fourth-order valence-electron chi connectivity index (χ4n) is 4.32. The predicted octanol–water partition coefficient (Wildman–Crippen LogP) is 0.906. The first-order valence-corrected chi connectivity index (χ1v) is 9.96. The molecule has 7 heteroatoms. The van der Waals surface area contributed by atoms with Crippen molar-refractivity contribution in [3.8, 4) is 11.5 Å². The first kappa shape index (κ1) is 18.5. The van der Waals surface area contributed by atoms with E-state index in [9.17, 15) is 4.79 Å². The number of fused-ring (bicyclic) bond motifs is 1. The first-order chi connectivity index (χ1) is 13.2.